The van der Waals surface area contributed by atoms with Gasteiger partial charge in [-0.2, -0.15) is 0 Å². The highest BCUT2D eigenvalue weighted by Gasteiger charge is 2.11. The summed E-state index contributed by atoms with van der Waals surface area (Å²) in [5.74, 6) is 1.48. The third-order valence-corrected chi connectivity index (χ3v) is 8.59. The van der Waals surface area contributed by atoms with E-state index < -0.39 is 9.84 Å². The van der Waals surface area contributed by atoms with Crippen molar-refractivity contribution in [3.8, 4) is 0 Å². The minimum Gasteiger partial charge on any atom is -0.227 e. The van der Waals surface area contributed by atoms with E-state index >= 15 is 0 Å². The molecule has 0 N–H and O–H groups in total. The molecule has 2 aromatic rings. The lowest BCUT2D eigenvalue weighted by atomic mass is 10.2. The maximum absolute atomic E-state index is 12.1. The molecule has 0 radical (unpaired) electrons. The van der Waals surface area contributed by atoms with Crippen LogP contribution in [0, 0.1) is 13.8 Å². The second-order valence-corrected chi connectivity index (χ2v) is 10.4. The molecule has 124 valence electrons. The molecule has 0 saturated heterocycles. The Morgan fingerprint density at radius 3 is 1.39 bits per heavy atom. The molecule has 5 heteroatoms. The van der Waals surface area contributed by atoms with Gasteiger partial charge in [0.2, 0.25) is 0 Å². The molecule has 0 heterocycles. The van der Waals surface area contributed by atoms with Crippen molar-refractivity contribution < 1.29 is 8.42 Å². The average molecular weight is 367 g/mol. The van der Waals surface area contributed by atoms with Crippen molar-refractivity contribution in [3.63, 3.8) is 0 Å². The standard InChI is InChI=1S/C18H22O2S3/c1-15-3-7-17(8-4-15)11-21-13-23(19,20)14-22-12-18-9-5-16(2)6-10-18/h3-10H,11-14H2,1-2H3. The molecule has 0 fully saturated rings. The van der Waals surface area contributed by atoms with Crippen molar-refractivity contribution in [3.05, 3.63) is 70.8 Å². The summed E-state index contributed by atoms with van der Waals surface area (Å²) in [6.07, 6.45) is 0. The highest BCUT2D eigenvalue weighted by atomic mass is 32.3. The van der Waals surface area contributed by atoms with E-state index in [2.05, 4.69) is 48.5 Å². The van der Waals surface area contributed by atoms with Crippen molar-refractivity contribution in [1.82, 2.24) is 0 Å². The van der Waals surface area contributed by atoms with Gasteiger partial charge in [-0.25, -0.2) is 8.42 Å². The molecule has 0 bridgehead atoms. The van der Waals surface area contributed by atoms with Gasteiger partial charge in [-0.05, 0) is 25.0 Å². The lowest BCUT2D eigenvalue weighted by Gasteiger charge is -2.06. The van der Waals surface area contributed by atoms with E-state index in [0.29, 0.717) is 0 Å². The Morgan fingerprint density at radius 2 is 1.04 bits per heavy atom. The first-order valence-corrected chi connectivity index (χ1v) is 11.5. The predicted molar refractivity (Wildman–Crippen MR) is 104 cm³/mol. The monoisotopic (exact) mass is 366 g/mol. The Bertz CT molecular complexity index is 647. The number of hydrogen-bond acceptors (Lipinski definition) is 4. The van der Waals surface area contributed by atoms with Crippen LogP contribution in [0.4, 0.5) is 0 Å². The number of hydrogen-bond donors (Lipinski definition) is 0. The predicted octanol–water partition coefficient (Wildman–Crippen LogP) is 4.80. The third-order valence-electron chi connectivity index (χ3n) is 3.30. The van der Waals surface area contributed by atoms with Gasteiger partial charge < -0.3 is 0 Å². The van der Waals surface area contributed by atoms with Crippen LogP contribution >= 0.6 is 23.5 Å². The number of benzene rings is 2. The normalized spacial score (nSPS) is 11.6. The first-order chi connectivity index (χ1) is 10.9. The molecular formula is C18H22O2S3. The molecule has 2 rings (SSSR count). The fraction of sp³-hybridized carbons (Fsp3) is 0.333. The molecular weight excluding hydrogens is 344 g/mol. The first kappa shape index (κ1) is 18.4. The quantitative estimate of drug-likeness (QED) is 0.672. The van der Waals surface area contributed by atoms with Gasteiger partial charge in [-0.3, -0.25) is 0 Å². The van der Waals surface area contributed by atoms with Crippen molar-refractivity contribution in [2.75, 3.05) is 10.2 Å². The zero-order chi connectivity index (χ0) is 16.7. The topological polar surface area (TPSA) is 34.1 Å². The number of sulfone groups is 1. The molecule has 0 atom stereocenters. The minimum absolute atomic E-state index is 0.182. The zero-order valence-electron chi connectivity index (χ0n) is 13.5. The largest absolute Gasteiger partial charge is 0.227 e. The summed E-state index contributed by atoms with van der Waals surface area (Å²) in [6, 6.07) is 16.5. The Kier molecular flexibility index (Phi) is 7.06. The maximum atomic E-state index is 12.1. The van der Waals surface area contributed by atoms with E-state index in [4.69, 9.17) is 0 Å². The van der Waals surface area contributed by atoms with Gasteiger partial charge in [-0.15, -0.1) is 23.5 Å². The van der Waals surface area contributed by atoms with Crippen molar-refractivity contribution in [2.45, 2.75) is 25.4 Å². The Hall–Kier alpha value is -0.910. The summed E-state index contributed by atoms with van der Waals surface area (Å²) in [6.45, 7) is 4.10. The van der Waals surface area contributed by atoms with Crippen LogP contribution in [0.2, 0.25) is 0 Å². The minimum atomic E-state index is -3.01. The van der Waals surface area contributed by atoms with E-state index in [0.717, 1.165) is 11.5 Å². The van der Waals surface area contributed by atoms with Crippen LogP contribution in [0.3, 0.4) is 0 Å². The van der Waals surface area contributed by atoms with Gasteiger partial charge in [0.05, 0.1) is 10.2 Å². The molecule has 0 aliphatic heterocycles. The summed E-state index contributed by atoms with van der Waals surface area (Å²) in [7, 11) is -3.01. The van der Waals surface area contributed by atoms with E-state index in [1.54, 1.807) is 0 Å². The molecule has 0 saturated carbocycles. The van der Waals surface area contributed by atoms with Crippen molar-refractivity contribution in [1.29, 1.82) is 0 Å². The van der Waals surface area contributed by atoms with Gasteiger partial charge in [0, 0.05) is 11.5 Å². The van der Waals surface area contributed by atoms with E-state index in [-0.39, 0.29) is 10.2 Å². The maximum Gasteiger partial charge on any atom is 0.168 e. The molecule has 0 aliphatic rings. The number of thioether (sulfide) groups is 2. The molecule has 0 aliphatic carbocycles. The molecule has 0 aromatic heterocycles. The molecule has 0 spiro atoms. The Morgan fingerprint density at radius 1 is 0.696 bits per heavy atom. The van der Waals surface area contributed by atoms with Crippen LogP contribution in [-0.2, 0) is 21.3 Å². The van der Waals surface area contributed by atoms with Gasteiger partial charge in [-0.1, -0.05) is 59.7 Å². The fourth-order valence-corrected chi connectivity index (χ4v) is 6.41. The van der Waals surface area contributed by atoms with Crippen LogP contribution in [0.5, 0.6) is 0 Å². The van der Waals surface area contributed by atoms with Crippen LogP contribution in [0.15, 0.2) is 48.5 Å². The smallest absolute Gasteiger partial charge is 0.168 e. The fourth-order valence-electron chi connectivity index (χ4n) is 1.98. The van der Waals surface area contributed by atoms with Crippen LogP contribution in [0.1, 0.15) is 22.3 Å². The average Bonchev–Trinajstić information content (AvgIpc) is 2.51. The Labute approximate surface area is 148 Å². The number of aryl methyl sites for hydroxylation is 2. The third kappa shape index (κ3) is 7.02. The molecule has 2 aromatic carbocycles. The molecule has 23 heavy (non-hydrogen) atoms. The van der Waals surface area contributed by atoms with E-state index in [1.807, 2.05) is 13.8 Å². The second-order valence-electron chi connectivity index (χ2n) is 5.65. The summed E-state index contributed by atoms with van der Waals surface area (Å²) < 4.78 is 24.2. The summed E-state index contributed by atoms with van der Waals surface area (Å²) in [5, 5.41) is 0.365. The lowest BCUT2D eigenvalue weighted by Crippen LogP contribution is -2.06. The summed E-state index contributed by atoms with van der Waals surface area (Å²) >= 11 is 2.93. The van der Waals surface area contributed by atoms with Crippen molar-refractivity contribution >= 4 is 33.4 Å². The number of rotatable bonds is 8. The molecule has 2 nitrogen and oxygen atoms in total. The van der Waals surface area contributed by atoms with Crippen LogP contribution < -0.4 is 0 Å². The van der Waals surface area contributed by atoms with Crippen molar-refractivity contribution in [2.24, 2.45) is 0 Å². The lowest BCUT2D eigenvalue weighted by molar-refractivity contribution is 0.605. The Balaban J connectivity index is 1.71. The molecule has 0 unspecified atom stereocenters. The van der Waals surface area contributed by atoms with Gasteiger partial charge in [0.25, 0.3) is 0 Å². The van der Waals surface area contributed by atoms with Crippen LogP contribution in [-0.4, -0.2) is 18.6 Å². The zero-order valence-corrected chi connectivity index (χ0v) is 15.9. The van der Waals surface area contributed by atoms with E-state index in [9.17, 15) is 8.42 Å². The summed E-state index contributed by atoms with van der Waals surface area (Å²) in [4.78, 5) is 0. The van der Waals surface area contributed by atoms with Gasteiger partial charge in [0.15, 0.2) is 9.84 Å². The van der Waals surface area contributed by atoms with Crippen LogP contribution in [0.25, 0.3) is 0 Å². The van der Waals surface area contributed by atoms with Gasteiger partial charge in [0.1, 0.15) is 0 Å². The summed E-state index contributed by atoms with van der Waals surface area (Å²) in [5.41, 5.74) is 4.78. The molecule has 0 amide bonds. The first-order valence-electron chi connectivity index (χ1n) is 7.42. The van der Waals surface area contributed by atoms with E-state index in [1.165, 1.54) is 45.8 Å². The second kappa shape index (κ2) is 8.81. The highest BCUT2D eigenvalue weighted by Crippen LogP contribution is 2.20. The highest BCUT2D eigenvalue weighted by molar-refractivity contribution is 8.18. The SMILES string of the molecule is Cc1ccc(CSCS(=O)(=O)CSCc2ccc(C)cc2)cc1. The van der Waals surface area contributed by atoms with Gasteiger partial charge >= 0.3 is 0 Å².